The fourth-order valence-electron chi connectivity index (χ4n) is 2.45. The van der Waals surface area contributed by atoms with Crippen molar-refractivity contribution in [3.8, 4) is 0 Å². The molecule has 4 nitrogen and oxygen atoms in total. The largest absolute Gasteiger partial charge is 0.461 e. The molecule has 0 aromatic rings. The van der Waals surface area contributed by atoms with Crippen molar-refractivity contribution in [2.24, 2.45) is 0 Å². The van der Waals surface area contributed by atoms with Crippen LogP contribution in [0.4, 0.5) is 0 Å². The highest BCUT2D eigenvalue weighted by Gasteiger charge is 2.46. The van der Waals surface area contributed by atoms with E-state index in [4.69, 9.17) is 14.5 Å². The summed E-state index contributed by atoms with van der Waals surface area (Å²) in [6.45, 7) is 1.04. The molecule has 2 rings (SSSR count). The van der Waals surface area contributed by atoms with E-state index >= 15 is 0 Å². The molecule has 0 aromatic heterocycles. The van der Waals surface area contributed by atoms with Gasteiger partial charge >= 0.3 is 0 Å². The molecule has 1 aliphatic carbocycles. The molecule has 0 aromatic carbocycles. The second-order valence-electron chi connectivity index (χ2n) is 4.04. The van der Waals surface area contributed by atoms with Crippen LogP contribution in [0.15, 0.2) is 0 Å². The van der Waals surface area contributed by atoms with E-state index in [-0.39, 0.29) is 11.7 Å². The Morgan fingerprint density at radius 3 is 2.79 bits per heavy atom. The van der Waals surface area contributed by atoms with Crippen LogP contribution in [0.25, 0.3) is 0 Å². The third-order valence-electron chi connectivity index (χ3n) is 3.19. The lowest BCUT2D eigenvalue weighted by Gasteiger charge is -2.43. The van der Waals surface area contributed by atoms with Gasteiger partial charge in [0.05, 0.1) is 6.61 Å². The number of rotatable bonds is 2. The second-order valence-corrected chi connectivity index (χ2v) is 4.04. The van der Waals surface area contributed by atoms with Gasteiger partial charge in [-0.05, 0) is 12.8 Å². The molecule has 0 amide bonds. The van der Waals surface area contributed by atoms with E-state index in [1.165, 1.54) is 6.42 Å². The molecule has 0 radical (unpaired) electrons. The Morgan fingerprint density at radius 1 is 1.29 bits per heavy atom. The van der Waals surface area contributed by atoms with Crippen molar-refractivity contribution in [3.63, 3.8) is 0 Å². The van der Waals surface area contributed by atoms with Gasteiger partial charge in [-0.2, -0.15) is 0 Å². The molecule has 1 unspecified atom stereocenters. The van der Waals surface area contributed by atoms with Gasteiger partial charge in [0.15, 0.2) is 0 Å². The number of carbonyl (C=O) groups is 1. The maximum atomic E-state index is 10.4. The Labute approximate surface area is 83.4 Å². The maximum absolute atomic E-state index is 10.4. The Hall–Kier alpha value is -0.610. The molecule has 1 atom stereocenters. The number of ether oxygens (including phenoxy) is 1. The van der Waals surface area contributed by atoms with Crippen LogP contribution < -0.4 is 0 Å². The maximum Gasteiger partial charge on any atom is 0.293 e. The fourth-order valence-corrected chi connectivity index (χ4v) is 2.45. The minimum Gasteiger partial charge on any atom is -0.461 e. The summed E-state index contributed by atoms with van der Waals surface area (Å²) < 4.78 is 5.09. The zero-order chi connectivity index (χ0) is 9.86. The van der Waals surface area contributed by atoms with E-state index in [0.29, 0.717) is 13.1 Å². The van der Waals surface area contributed by atoms with Crippen molar-refractivity contribution in [2.45, 2.75) is 50.2 Å². The predicted molar refractivity (Wildman–Crippen MR) is 48.4 cm³/mol. The predicted octanol–water partition coefficient (Wildman–Crippen LogP) is 1.58. The molecule has 0 bridgehead atoms. The third kappa shape index (κ3) is 1.77. The van der Waals surface area contributed by atoms with Gasteiger partial charge in [0.2, 0.25) is 0 Å². The van der Waals surface area contributed by atoms with Crippen molar-refractivity contribution >= 4 is 6.47 Å². The van der Waals surface area contributed by atoms with E-state index in [1.807, 2.05) is 0 Å². The minimum atomic E-state index is -0.350. The lowest BCUT2D eigenvalue weighted by Crippen LogP contribution is -2.51. The van der Waals surface area contributed by atoms with Crippen LogP contribution >= 0.6 is 0 Å². The number of hydrogen-bond donors (Lipinski definition) is 0. The molecular formula is C10H16O4. The van der Waals surface area contributed by atoms with E-state index < -0.39 is 0 Å². The van der Waals surface area contributed by atoms with Crippen LogP contribution in [0.1, 0.15) is 38.5 Å². The highest BCUT2D eigenvalue weighted by Crippen LogP contribution is 2.39. The Bertz CT molecular complexity index is 190. The quantitative estimate of drug-likeness (QED) is 0.501. The molecular weight excluding hydrogens is 184 g/mol. The topological polar surface area (TPSA) is 44.8 Å². The van der Waals surface area contributed by atoms with Crippen LogP contribution in [0, 0.1) is 0 Å². The molecule has 1 saturated heterocycles. The highest BCUT2D eigenvalue weighted by molar-refractivity contribution is 5.38. The Kier molecular flexibility index (Phi) is 3.03. The number of hydrogen-bond acceptors (Lipinski definition) is 4. The minimum absolute atomic E-state index is 0.117. The van der Waals surface area contributed by atoms with Gasteiger partial charge in [-0.15, -0.1) is 0 Å². The average Bonchev–Trinajstić information content (AvgIpc) is 2.23. The molecule has 1 spiro atoms. The van der Waals surface area contributed by atoms with Gasteiger partial charge in [-0.1, -0.05) is 19.3 Å². The Morgan fingerprint density at radius 2 is 2.07 bits per heavy atom. The van der Waals surface area contributed by atoms with Gasteiger partial charge in [0, 0.05) is 6.42 Å². The summed E-state index contributed by atoms with van der Waals surface area (Å²) in [5.41, 5.74) is -0.350. The van der Waals surface area contributed by atoms with E-state index in [2.05, 4.69) is 0 Å². The van der Waals surface area contributed by atoms with Gasteiger partial charge in [-0.3, -0.25) is 4.79 Å². The molecule has 0 N–H and O–H groups in total. The average molecular weight is 200 g/mol. The van der Waals surface area contributed by atoms with Crippen molar-refractivity contribution in [1.29, 1.82) is 0 Å². The molecule has 14 heavy (non-hydrogen) atoms. The fraction of sp³-hybridized carbons (Fsp3) is 0.900. The van der Waals surface area contributed by atoms with Crippen LogP contribution in [0.5, 0.6) is 0 Å². The Balaban J connectivity index is 2.06. The normalized spacial score (nSPS) is 31.3. The highest BCUT2D eigenvalue weighted by atomic mass is 17.2. The molecule has 2 aliphatic rings. The lowest BCUT2D eigenvalue weighted by atomic mass is 9.79. The zero-order valence-corrected chi connectivity index (χ0v) is 8.24. The van der Waals surface area contributed by atoms with Crippen LogP contribution in [0.3, 0.4) is 0 Å². The van der Waals surface area contributed by atoms with Crippen molar-refractivity contribution in [3.05, 3.63) is 0 Å². The lowest BCUT2D eigenvalue weighted by molar-refractivity contribution is -0.409. The molecule has 80 valence electrons. The second kappa shape index (κ2) is 4.28. The van der Waals surface area contributed by atoms with Crippen LogP contribution in [0.2, 0.25) is 0 Å². The molecule has 1 aliphatic heterocycles. The van der Waals surface area contributed by atoms with E-state index in [9.17, 15) is 4.79 Å². The van der Waals surface area contributed by atoms with Crippen molar-refractivity contribution in [2.75, 3.05) is 6.61 Å². The van der Waals surface area contributed by atoms with Crippen molar-refractivity contribution < 1.29 is 19.3 Å². The summed E-state index contributed by atoms with van der Waals surface area (Å²) in [5.74, 6) is 0. The summed E-state index contributed by atoms with van der Waals surface area (Å²) >= 11 is 0. The first kappa shape index (κ1) is 9.93. The zero-order valence-electron chi connectivity index (χ0n) is 8.24. The summed E-state index contributed by atoms with van der Waals surface area (Å²) in [7, 11) is 0. The molecule has 2 fully saturated rings. The summed E-state index contributed by atoms with van der Waals surface area (Å²) in [5, 5.41) is 0. The summed E-state index contributed by atoms with van der Waals surface area (Å²) in [6, 6.07) is 0. The first-order valence-corrected chi connectivity index (χ1v) is 5.27. The van der Waals surface area contributed by atoms with Crippen LogP contribution in [-0.4, -0.2) is 24.8 Å². The molecule has 1 saturated carbocycles. The smallest absolute Gasteiger partial charge is 0.293 e. The van der Waals surface area contributed by atoms with Gasteiger partial charge in [-0.25, -0.2) is 9.78 Å². The number of carbonyl (C=O) groups excluding carboxylic acids is 1. The van der Waals surface area contributed by atoms with Gasteiger partial charge in [0.25, 0.3) is 6.47 Å². The van der Waals surface area contributed by atoms with Crippen LogP contribution in [-0.2, 0) is 19.3 Å². The first-order valence-electron chi connectivity index (χ1n) is 5.27. The molecule has 1 heterocycles. The first-order chi connectivity index (χ1) is 6.87. The molecule has 4 heteroatoms. The monoisotopic (exact) mass is 200 g/mol. The summed E-state index contributed by atoms with van der Waals surface area (Å²) in [4.78, 5) is 20.8. The van der Waals surface area contributed by atoms with Crippen molar-refractivity contribution in [1.82, 2.24) is 0 Å². The standard InChI is InChI=1S/C10H16O4/c11-8-12-9-4-7-13-14-10(9)5-2-1-3-6-10/h8-9H,1-7H2. The summed E-state index contributed by atoms with van der Waals surface area (Å²) in [6.07, 6.45) is 5.99. The van der Waals surface area contributed by atoms with E-state index in [0.717, 1.165) is 32.1 Å². The third-order valence-corrected chi connectivity index (χ3v) is 3.19. The van der Waals surface area contributed by atoms with Gasteiger partial charge in [0.1, 0.15) is 11.7 Å². The van der Waals surface area contributed by atoms with Gasteiger partial charge < -0.3 is 4.74 Å². The van der Waals surface area contributed by atoms with E-state index in [1.54, 1.807) is 0 Å². The SMILES string of the molecule is O=COC1CCOOC12CCCCC2.